The van der Waals surface area contributed by atoms with Crippen molar-refractivity contribution in [3.63, 3.8) is 0 Å². The lowest BCUT2D eigenvalue weighted by molar-refractivity contribution is -0.123. The van der Waals surface area contributed by atoms with Gasteiger partial charge in [-0.15, -0.1) is 0 Å². The molecule has 8 nitrogen and oxygen atoms in total. The third kappa shape index (κ3) is 8.21. The number of amides is 1. The number of rotatable bonds is 13. The summed E-state index contributed by atoms with van der Waals surface area (Å²) in [7, 11) is 1.69. The van der Waals surface area contributed by atoms with Crippen molar-refractivity contribution in [3.05, 3.63) is 77.7 Å². The Balaban J connectivity index is 1.31. The Kier molecular flexibility index (Phi) is 10.2. The Morgan fingerprint density at radius 3 is 2.70 bits per heavy atom. The van der Waals surface area contributed by atoms with E-state index in [-0.39, 0.29) is 18.9 Å². The van der Waals surface area contributed by atoms with Gasteiger partial charge in [0.15, 0.2) is 11.5 Å². The number of carbonyl (C=O) groups is 1. The Morgan fingerprint density at radius 2 is 1.97 bits per heavy atom. The van der Waals surface area contributed by atoms with Crippen molar-refractivity contribution in [2.75, 3.05) is 40.0 Å². The van der Waals surface area contributed by atoms with Crippen LogP contribution in [0.4, 0.5) is 0 Å². The average molecular weight is 511 g/mol. The lowest BCUT2D eigenvalue weighted by Gasteiger charge is -2.30. The van der Waals surface area contributed by atoms with E-state index in [9.17, 15) is 9.90 Å². The standard InChI is InChI=1S/C29H38N2O6/c1-34-17-13-22-9-11-24(12-10-22)36-18-14-28(32)30-25(19-31-15-5-6-16-31)29(33)27-21-35-20-26(37-27)23-7-3-2-4-8-23/h2-3,7,9-12,20-21,25,29,33H,4-6,8,13-19H2,1H3,(H,30,32)/t25-,29-/m1/s1. The molecule has 0 bridgehead atoms. The van der Waals surface area contributed by atoms with Crippen molar-refractivity contribution < 1.29 is 28.8 Å². The summed E-state index contributed by atoms with van der Waals surface area (Å²) in [5, 5.41) is 14.2. The summed E-state index contributed by atoms with van der Waals surface area (Å²) in [5.41, 5.74) is 2.19. The van der Waals surface area contributed by atoms with E-state index in [1.54, 1.807) is 13.4 Å². The zero-order valence-electron chi connectivity index (χ0n) is 21.6. The van der Waals surface area contributed by atoms with Gasteiger partial charge in [-0.25, -0.2) is 0 Å². The lowest BCUT2D eigenvalue weighted by atomic mass is 10.0. The molecule has 1 amide bonds. The summed E-state index contributed by atoms with van der Waals surface area (Å²) < 4.78 is 22.4. The first-order valence-electron chi connectivity index (χ1n) is 13.1. The number of nitrogens with zero attached hydrogens (tertiary/aromatic N) is 1. The molecule has 1 fully saturated rings. The van der Waals surface area contributed by atoms with Crippen LogP contribution in [-0.4, -0.2) is 68.0 Å². The monoisotopic (exact) mass is 510 g/mol. The van der Waals surface area contributed by atoms with E-state index in [2.05, 4.69) is 16.3 Å². The second-order valence-corrected chi connectivity index (χ2v) is 9.51. The van der Waals surface area contributed by atoms with E-state index in [0.29, 0.717) is 30.4 Å². The Bertz CT molecular complexity index is 1010. The molecular formula is C29H38N2O6. The fourth-order valence-electron chi connectivity index (χ4n) is 4.60. The number of hydrogen-bond acceptors (Lipinski definition) is 7. The number of hydrogen-bond donors (Lipinski definition) is 2. The summed E-state index contributed by atoms with van der Waals surface area (Å²) >= 11 is 0. The van der Waals surface area contributed by atoms with Crippen LogP contribution in [0.5, 0.6) is 5.75 Å². The normalized spacial score (nSPS) is 19.1. The van der Waals surface area contributed by atoms with E-state index < -0.39 is 12.1 Å². The maximum Gasteiger partial charge on any atom is 0.223 e. The fraction of sp³-hybridized carbons (Fsp3) is 0.483. The van der Waals surface area contributed by atoms with Gasteiger partial charge >= 0.3 is 0 Å². The van der Waals surface area contributed by atoms with Crippen LogP contribution in [0.1, 0.15) is 37.7 Å². The molecule has 1 aromatic carbocycles. The highest BCUT2D eigenvalue weighted by Gasteiger charge is 2.31. The zero-order valence-corrected chi connectivity index (χ0v) is 21.6. The first kappa shape index (κ1) is 27.0. The number of ether oxygens (including phenoxy) is 4. The number of likely N-dealkylation sites (tertiary alicyclic amines) is 1. The molecule has 1 saturated heterocycles. The summed E-state index contributed by atoms with van der Waals surface area (Å²) in [6.45, 7) is 3.34. The molecule has 8 heteroatoms. The maximum atomic E-state index is 12.8. The number of benzene rings is 1. The molecule has 1 aromatic rings. The van der Waals surface area contributed by atoms with Gasteiger partial charge in [-0.05, 0) is 68.5 Å². The van der Waals surface area contributed by atoms with Gasteiger partial charge in [-0.1, -0.05) is 30.4 Å². The van der Waals surface area contributed by atoms with Gasteiger partial charge in [0.1, 0.15) is 24.4 Å². The number of allylic oxidation sites excluding steroid dienone is 4. The molecule has 37 heavy (non-hydrogen) atoms. The highest BCUT2D eigenvalue weighted by molar-refractivity contribution is 5.76. The predicted molar refractivity (Wildman–Crippen MR) is 141 cm³/mol. The van der Waals surface area contributed by atoms with Gasteiger partial charge < -0.3 is 34.3 Å². The second-order valence-electron chi connectivity index (χ2n) is 9.51. The van der Waals surface area contributed by atoms with Crippen molar-refractivity contribution in [3.8, 4) is 5.75 Å². The highest BCUT2D eigenvalue weighted by Crippen LogP contribution is 2.28. The molecule has 0 unspecified atom stereocenters. The van der Waals surface area contributed by atoms with Crippen LogP contribution in [0.3, 0.4) is 0 Å². The number of aliphatic hydroxyl groups excluding tert-OH is 1. The smallest absolute Gasteiger partial charge is 0.223 e. The van der Waals surface area contributed by atoms with Crippen molar-refractivity contribution in [2.45, 2.75) is 50.7 Å². The van der Waals surface area contributed by atoms with E-state index in [4.69, 9.17) is 18.9 Å². The number of nitrogens with one attached hydrogen (secondary N) is 1. The van der Waals surface area contributed by atoms with Crippen molar-refractivity contribution in [1.82, 2.24) is 10.2 Å². The van der Waals surface area contributed by atoms with Gasteiger partial charge in [0, 0.05) is 13.7 Å². The van der Waals surface area contributed by atoms with Crippen LogP contribution in [0, 0.1) is 0 Å². The number of carbonyl (C=O) groups excluding carboxylic acids is 1. The van der Waals surface area contributed by atoms with Gasteiger partial charge in [-0.3, -0.25) is 4.79 Å². The van der Waals surface area contributed by atoms with Gasteiger partial charge in [0.05, 0.1) is 25.7 Å². The van der Waals surface area contributed by atoms with Crippen molar-refractivity contribution in [2.24, 2.45) is 0 Å². The number of aliphatic hydroxyl groups is 1. The molecule has 2 heterocycles. The van der Waals surface area contributed by atoms with E-state index in [1.807, 2.05) is 36.4 Å². The van der Waals surface area contributed by atoms with E-state index in [1.165, 1.54) is 11.8 Å². The Morgan fingerprint density at radius 1 is 1.16 bits per heavy atom. The Labute approximate surface area is 219 Å². The largest absolute Gasteiger partial charge is 0.493 e. The summed E-state index contributed by atoms with van der Waals surface area (Å²) in [6.07, 6.45) is 13.0. The molecule has 0 radical (unpaired) electrons. The van der Waals surface area contributed by atoms with Crippen molar-refractivity contribution in [1.29, 1.82) is 0 Å². The number of methoxy groups -OCH3 is 1. The van der Waals surface area contributed by atoms with Crippen LogP contribution >= 0.6 is 0 Å². The molecule has 0 saturated carbocycles. The topological polar surface area (TPSA) is 89.5 Å². The molecular weight excluding hydrogens is 472 g/mol. The highest BCUT2D eigenvalue weighted by atomic mass is 16.6. The van der Waals surface area contributed by atoms with Crippen LogP contribution in [0.25, 0.3) is 0 Å². The SMILES string of the molecule is COCCc1ccc(OCCC(=O)N[C@H](CN2CCCC2)[C@@H](O)C2=COC=C(C3=CC=CCC3)O2)cc1. The third-order valence-corrected chi connectivity index (χ3v) is 6.71. The molecule has 3 aliphatic rings. The second kappa shape index (κ2) is 14.0. The quantitative estimate of drug-likeness (QED) is 0.419. The van der Waals surface area contributed by atoms with Gasteiger partial charge in [0.2, 0.25) is 5.91 Å². The molecule has 2 N–H and O–H groups in total. The first-order valence-corrected chi connectivity index (χ1v) is 13.1. The summed E-state index contributed by atoms with van der Waals surface area (Å²) in [4.78, 5) is 15.1. The predicted octanol–water partition coefficient (Wildman–Crippen LogP) is 3.59. The molecule has 2 atom stereocenters. The molecule has 200 valence electrons. The van der Waals surface area contributed by atoms with Crippen LogP contribution in [-0.2, 0) is 25.4 Å². The Hall–Kier alpha value is -3.07. The van der Waals surface area contributed by atoms with Crippen LogP contribution in [0.15, 0.2) is 72.1 Å². The molecule has 4 rings (SSSR count). The summed E-state index contributed by atoms with van der Waals surface area (Å²) in [6, 6.07) is 7.26. The summed E-state index contributed by atoms with van der Waals surface area (Å²) in [5.74, 6) is 1.41. The van der Waals surface area contributed by atoms with Crippen molar-refractivity contribution >= 4 is 5.91 Å². The van der Waals surface area contributed by atoms with Crippen LogP contribution < -0.4 is 10.1 Å². The fourth-order valence-corrected chi connectivity index (χ4v) is 4.60. The molecule has 0 aromatic heterocycles. The minimum absolute atomic E-state index is 0.176. The molecule has 1 aliphatic carbocycles. The average Bonchev–Trinajstić information content (AvgIpc) is 3.45. The van der Waals surface area contributed by atoms with Crippen LogP contribution in [0.2, 0.25) is 0 Å². The van der Waals surface area contributed by atoms with E-state index >= 15 is 0 Å². The molecule has 2 aliphatic heterocycles. The van der Waals surface area contributed by atoms with Gasteiger partial charge in [0.25, 0.3) is 0 Å². The lowest BCUT2D eigenvalue weighted by Crippen LogP contribution is -2.51. The zero-order chi connectivity index (χ0) is 25.9. The minimum atomic E-state index is -1.05. The van der Waals surface area contributed by atoms with Gasteiger partial charge in [-0.2, -0.15) is 0 Å². The van der Waals surface area contributed by atoms with E-state index in [0.717, 1.165) is 50.8 Å². The third-order valence-electron chi connectivity index (χ3n) is 6.71. The maximum absolute atomic E-state index is 12.8. The minimum Gasteiger partial charge on any atom is -0.493 e. The first-order chi connectivity index (χ1) is 18.1. The molecule has 0 spiro atoms.